The molecule has 4 aliphatic carbocycles. The molecular weight excluding hydrogens is 288 g/mol. The maximum Gasteiger partial charge on any atom is 0.283 e. The lowest BCUT2D eigenvalue weighted by Crippen LogP contribution is -2.55. The minimum atomic E-state index is -0.0383. The molecule has 0 spiro atoms. The van der Waals surface area contributed by atoms with Crippen LogP contribution in [0.4, 0.5) is 0 Å². The van der Waals surface area contributed by atoms with E-state index in [1.165, 1.54) is 6.42 Å². The van der Waals surface area contributed by atoms with Crippen molar-refractivity contribution in [2.75, 3.05) is 0 Å². The van der Waals surface area contributed by atoms with E-state index in [4.69, 9.17) is 20.4 Å². The summed E-state index contributed by atoms with van der Waals surface area (Å²) in [7, 11) is 0. The maximum atomic E-state index is 6.87. The van der Waals surface area contributed by atoms with Gasteiger partial charge in [0.15, 0.2) is 5.76 Å². The molecule has 0 N–H and O–H groups in total. The van der Waals surface area contributed by atoms with Crippen LogP contribution >= 0.6 is 11.6 Å². The van der Waals surface area contributed by atoms with E-state index in [1.807, 2.05) is 12.1 Å². The highest BCUT2D eigenvalue weighted by Crippen LogP contribution is 2.64. The lowest BCUT2D eigenvalue weighted by molar-refractivity contribution is -0.00427. The summed E-state index contributed by atoms with van der Waals surface area (Å²) < 4.78 is 11.3. The molecule has 0 amide bonds. The van der Waals surface area contributed by atoms with Crippen LogP contribution in [0.25, 0.3) is 11.7 Å². The summed E-state index contributed by atoms with van der Waals surface area (Å²) in [5.74, 6) is 3.34. The quantitative estimate of drug-likeness (QED) is 0.782. The van der Waals surface area contributed by atoms with E-state index < -0.39 is 0 Å². The number of halogens is 1. The van der Waals surface area contributed by atoms with Crippen LogP contribution in [0.15, 0.2) is 27.2 Å². The third-order valence-electron chi connectivity index (χ3n) is 5.60. The largest absolute Gasteiger partial charge is 0.459 e. The summed E-state index contributed by atoms with van der Waals surface area (Å²) in [5.41, 5.74) is 0.00365. The Morgan fingerprint density at radius 3 is 2.62 bits per heavy atom. The van der Waals surface area contributed by atoms with Gasteiger partial charge in [-0.1, -0.05) is 0 Å². The van der Waals surface area contributed by atoms with Gasteiger partial charge in [0.1, 0.15) is 0 Å². The SMILES string of the molecule is ClC12C[C@@H]3C[C@@H](C1)CC(c1nnc(-c4ccco4)o1)(C3)C2. The summed E-state index contributed by atoms with van der Waals surface area (Å²) in [6.45, 7) is 0. The normalized spacial score (nSPS) is 40.8. The van der Waals surface area contributed by atoms with Crippen molar-refractivity contribution in [3.05, 3.63) is 24.3 Å². The zero-order chi connectivity index (χ0) is 14.1. The molecule has 4 saturated carbocycles. The Morgan fingerprint density at radius 1 is 1.14 bits per heavy atom. The molecule has 0 unspecified atom stereocenters. The fourth-order valence-corrected chi connectivity index (χ4v) is 6.03. The minimum absolute atomic E-state index is 0.00365. The lowest BCUT2D eigenvalue weighted by Gasteiger charge is -2.58. The Kier molecular flexibility index (Phi) is 2.29. The van der Waals surface area contributed by atoms with E-state index >= 15 is 0 Å². The summed E-state index contributed by atoms with van der Waals surface area (Å²) in [6, 6.07) is 3.68. The van der Waals surface area contributed by atoms with E-state index in [-0.39, 0.29) is 10.3 Å². The van der Waals surface area contributed by atoms with Crippen molar-refractivity contribution >= 4 is 11.6 Å². The molecule has 4 bridgehead atoms. The van der Waals surface area contributed by atoms with Crippen LogP contribution in [-0.2, 0) is 5.41 Å². The van der Waals surface area contributed by atoms with E-state index in [2.05, 4.69) is 10.2 Å². The second kappa shape index (κ2) is 3.92. The third kappa shape index (κ3) is 1.75. The van der Waals surface area contributed by atoms with Crippen molar-refractivity contribution in [1.82, 2.24) is 10.2 Å². The lowest BCUT2D eigenvalue weighted by atomic mass is 9.49. The standard InChI is InChI=1S/C16H17ClN2O2/c17-16-7-10-4-11(8-16)6-15(5-10,9-16)14-19-18-13(21-14)12-2-1-3-20-12/h1-3,10-11H,4-9H2/t10-,11-,15?,16?/m1/s1. The van der Waals surface area contributed by atoms with Crippen LogP contribution in [0.5, 0.6) is 0 Å². The molecule has 4 fully saturated rings. The average molecular weight is 305 g/mol. The molecule has 0 aromatic carbocycles. The van der Waals surface area contributed by atoms with Gasteiger partial charge in [-0.2, -0.15) is 0 Å². The first-order chi connectivity index (χ1) is 10.1. The van der Waals surface area contributed by atoms with Crippen LogP contribution in [0.3, 0.4) is 0 Å². The highest BCUT2D eigenvalue weighted by molar-refractivity contribution is 6.24. The predicted molar refractivity (Wildman–Crippen MR) is 76.9 cm³/mol. The Hall–Kier alpha value is -1.29. The molecular formula is C16H17ClN2O2. The predicted octanol–water partition coefficient (Wildman–Crippen LogP) is 4.16. The summed E-state index contributed by atoms with van der Waals surface area (Å²) in [5, 5.41) is 8.54. The molecule has 0 radical (unpaired) electrons. The first-order valence-electron chi connectivity index (χ1n) is 7.71. The van der Waals surface area contributed by atoms with Crippen LogP contribution in [0.2, 0.25) is 0 Å². The van der Waals surface area contributed by atoms with Crippen molar-refractivity contribution in [1.29, 1.82) is 0 Å². The number of hydrogen-bond acceptors (Lipinski definition) is 4. The highest BCUT2D eigenvalue weighted by atomic mass is 35.5. The molecule has 110 valence electrons. The van der Waals surface area contributed by atoms with Gasteiger partial charge < -0.3 is 8.83 Å². The average Bonchev–Trinajstić information content (AvgIpc) is 3.07. The molecule has 0 aliphatic heterocycles. The Labute approximate surface area is 127 Å². The Bertz CT molecular complexity index is 664. The molecule has 0 saturated heterocycles. The summed E-state index contributed by atoms with van der Waals surface area (Å²) in [4.78, 5) is -0.0383. The van der Waals surface area contributed by atoms with Crippen molar-refractivity contribution in [3.63, 3.8) is 0 Å². The molecule has 2 atom stereocenters. The molecule has 2 aromatic rings. The van der Waals surface area contributed by atoms with Gasteiger partial charge in [-0.3, -0.25) is 0 Å². The molecule has 4 nitrogen and oxygen atoms in total. The van der Waals surface area contributed by atoms with Gasteiger partial charge in [0.2, 0.25) is 5.89 Å². The second-order valence-electron chi connectivity index (χ2n) is 7.28. The Morgan fingerprint density at radius 2 is 1.95 bits per heavy atom. The number of rotatable bonds is 2. The molecule has 6 rings (SSSR count). The minimum Gasteiger partial charge on any atom is -0.459 e. The van der Waals surface area contributed by atoms with Crippen LogP contribution in [0, 0.1) is 11.8 Å². The smallest absolute Gasteiger partial charge is 0.283 e. The van der Waals surface area contributed by atoms with Gasteiger partial charge in [0.25, 0.3) is 5.89 Å². The van der Waals surface area contributed by atoms with Crippen LogP contribution in [0.1, 0.15) is 44.4 Å². The van der Waals surface area contributed by atoms with Crippen LogP contribution < -0.4 is 0 Å². The van der Waals surface area contributed by atoms with Crippen molar-refractivity contribution in [2.24, 2.45) is 11.8 Å². The van der Waals surface area contributed by atoms with Gasteiger partial charge >= 0.3 is 0 Å². The maximum absolute atomic E-state index is 6.87. The van der Waals surface area contributed by atoms with E-state index in [1.54, 1.807) is 6.26 Å². The van der Waals surface area contributed by atoms with Gasteiger partial charge in [0, 0.05) is 4.87 Å². The topological polar surface area (TPSA) is 52.1 Å². The highest BCUT2D eigenvalue weighted by Gasteiger charge is 2.59. The first kappa shape index (κ1) is 12.3. The molecule has 2 aromatic heterocycles. The zero-order valence-corrected chi connectivity index (χ0v) is 12.5. The third-order valence-corrected chi connectivity index (χ3v) is 6.04. The zero-order valence-electron chi connectivity index (χ0n) is 11.7. The first-order valence-corrected chi connectivity index (χ1v) is 8.09. The number of hydrogen-bond donors (Lipinski definition) is 0. The number of aromatic nitrogens is 2. The van der Waals surface area contributed by atoms with E-state index in [0.29, 0.717) is 11.7 Å². The fraction of sp³-hybridized carbons (Fsp3) is 0.625. The van der Waals surface area contributed by atoms with Crippen LogP contribution in [-0.4, -0.2) is 15.1 Å². The van der Waals surface area contributed by atoms with Gasteiger partial charge in [-0.15, -0.1) is 21.8 Å². The number of alkyl halides is 1. The van der Waals surface area contributed by atoms with Crippen molar-refractivity contribution in [2.45, 2.75) is 48.8 Å². The van der Waals surface area contributed by atoms with E-state index in [9.17, 15) is 0 Å². The van der Waals surface area contributed by atoms with E-state index in [0.717, 1.165) is 49.8 Å². The fourth-order valence-electron chi connectivity index (χ4n) is 5.34. The monoisotopic (exact) mass is 304 g/mol. The summed E-state index contributed by atoms with van der Waals surface area (Å²) in [6.07, 6.45) is 8.55. The number of nitrogens with zero attached hydrogens (tertiary/aromatic N) is 2. The van der Waals surface area contributed by atoms with Crippen molar-refractivity contribution < 1.29 is 8.83 Å². The van der Waals surface area contributed by atoms with Crippen molar-refractivity contribution in [3.8, 4) is 11.7 Å². The second-order valence-corrected chi connectivity index (χ2v) is 8.08. The molecule has 5 heteroatoms. The molecule has 2 heterocycles. The van der Waals surface area contributed by atoms with Gasteiger partial charge in [-0.25, -0.2) is 0 Å². The van der Waals surface area contributed by atoms with Gasteiger partial charge in [0.05, 0.1) is 11.7 Å². The summed E-state index contributed by atoms with van der Waals surface area (Å²) >= 11 is 6.87. The molecule has 4 aliphatic rings. The molecule has 21 heavy (non-hydrogen) atoms. The van der Waals surface area contributed by atoms with Gasteiger partial charge in [-0.05, 0) is 62.5 Å². The number of furan rings is 1. The Balaban J connectivity index is 1.55.